The van der Waals surface area contributed by atoms with Crippen LogP contribution >= 0.6 is 11.6 Å². The van der Waals surface area contributed by atoms with Crippen LogP contribution in [0.2, 0.25) is 5.02 Å². The van der Waals surface area contributed by atoms with Crippen molar-refractivity contribution in [1.29, 1.82) is 5.26 Å². The molecular weight excluding hydrogens is 316 g/mol. The SMILES string of the molecule is C=CCNC(=O)/C(C#N)=C/c1cc(Cl)c(OC(C)C)c(OC)c1. The van der Waals surface area contributed by atoms with Crippen molar-refractivity contribution >= 4 is 23.6 Å². The lowest BCUT2D eigenvalue weighted by Gasteiger charge is -2.15. The lowest BCUT2D eigenvalue weighted by molar-refractivity contribution is -0.116. The van der Waals surface area contributed by atoms with E-state index in [9.17, 15) is 4.79 Å². The van der Waals surface area contributed by atoms with Gasteiger partial charge in [0.15, 0.2) is 11.5 Å². The molecule has 0 fully saturated rings. The Kier molecular flexibility index (Phi) is 7.17. The largest absolute Gasteiger partial charge is 0.493 e. The minimum absolute atomic E-state index is 0.0394. The lowest BCUT2D eigenvalue weighted by Crippen LogP contribution is -2.24. The van der Waals surface area contributed by atoms with E-state index in [1.165, 1.54) is 19.3 Å². The fraction of sp³-hybridized carbons (Fsp3) is 0.294. The van der Waals surface area contributed by atoms with E-state index in [1.807, 2.05) is 19.9 Å². The molecule has 0 atom stereocenters. The van der Waals surface area contributed by atoms with E-state index in [1.54, 1.807) is 12.1 Å². The van der Waals surface area contributed by atoms with Gasteiger partial charge < -0.3 is 14.8 Å². The monoisotopic (exact) mass is 334 g/mol. The molecule has 0 aliphatic heterocycles. The van der Waals surface area contributed by atoms with Crippen LogP contribution in [-0.2, 0) is 4.79 Å². The molecule has 0 saturated heterocycles. The molecule has 5 nitrogen and oxygen atoms in total. The second kappa shape index (κ2) is 8.86. The number of halogens is 1. The van der Waals surface area contributed by atoms with Gasteiger partial charge in [-0.25, -0.2) is 0 Å². The van der Waals surface area contributed by atoms with E-state index < -0.39 is 5.91 Å². The van der Waals surface area contributed by atoms with Crippen LogP contribution in [0.4, 0.5) is 0 Å². The van der Waals surface area contributed by atoms with Gasteiger partial charge in [-0.2, -0.15) is 5.26 Å². The molecule has 0 heterocycles. The first-order valence-corrected chi connectivity index (χ1v) is 7.35. The Labute approximate surface area is 141 Å². The van der Waals surface area contributed by atoms with Gasteiger partial charge in [0.2, 0.25) is 0 Å². The van der Waals surface area contributed by atoms with Crippen LogP contribution in [0.25, 0.3) is 6.08 Å². The molecule has 0 aliphatic carbocycles. The van der Waals surface area contributed by atoms with E-state index >= 15 is 0 Å². The third-order valence-electron chi connectivity index (χ3n) is 2.69. The van der Waals surface area contributed by atoms with Crippen LogP contribution in [0.1, 0.15) is 19.4 Å². The second-order valence-electron chi connectivity index (χ2n) is 4.87. The highest BCUT2D eigenvalue weighted by Gasteiger charge is 2.14. The number of amides is 1. The fourth-order valence-electron chi connectivity index (χ4n) is 1.75. The van der Waals surface area contributed by atoms with Gasteiger partial charge in [-0.05, 0) is 37.6 Å². The summed E-state index contributed by atoms with van der Waals surface area (Å²) in [6, 6.07) is 5.13. The van der Waals surface area contributed by atoms with E-state index in [2.05, 4.69) is 11.9 Å². The van der Waals surface area contributed by atoms with E-state index in [4.69, 9.17) is 26.3 Å². The van der Waals surface area contributed by atoms with Crippen LogP contribution in [-0.4, -0.2) is 25.7 Å². The Morgan fingerprint density at radius 3 is 2.74 bits per heavy atom. The zero-order chi connectivity index (χ0) is 17.4. The molecule has 122 valence electrons. The average Bonchev–Trinajstić information content (AvgIpc) is 2.51. The van der Waals surface area contributed by atoms with Crippen LogP contribution in [0.5, 0.6) is 11.5 Å². The third kappa shape index (κ3) is 5.35. The first kappa shape index (κ1) is 18.6. The smallest absolute Gasteiger partial charge is 0.262 e. The van der Waals surface area contributed by atoms with Crippen molar-refractivity contribution in [2.24, 2.45) is 0 Å². The van der Waals surface area contributed by atoms with Crippen molar-refractivity contribution < 1.29 is 14.3 Å². The Hall–Kier alpha value is -2.45. The van der Waals surface area contributed by atoms with Gasteiger partial charge in [-0.3, -0.25) is 4.79 Å². The van der Waals surface area contributed by atoms with Crippen LogP contribution < -0.4 is 14.8 Å². The fourth-order valence-corrected chi connectivity index (χ4v) is 2.01. The maximum Gasteiger partial charge on any atom is 0.262 e. The maximum atomic E-state index is 11.9. The Bertz CT molecular complexity index is 661. The van der Waals surface area contributed by atoms with Crippen molar-refractivity contribution in [2.45, 2.75) is 20.0 Å². The summed E-state index contributed by atoms with van der Waals surface area (Å²) in [5, 5.41) is 12.0. The molecule has 0 unspecified atom stereocenters. The number of ether oxygens (including phenoxy) is 2. The first-order chi connectivity index (χ1) is 10.9. The zero-order valence-electron chi connectivity index (χ0n) is 13.4. The normalized spacial score (nSPS) is 10.9. The van der Waals surface area contributed by atoms with E-state index in [0.717, 1.165) is 0 Å². The number of methoxy groups -OCH3 is 1. The highest BCUT2D eigenvalue weighted by atomic mass is 35.5. The number of nitrogens with one attached hydrogen (secondary N) is 1. The lowest BCUT2D eigenvalue weighted by atomic mass is 10.1. The number of hydrogen-bond acceptors (Lipinski definition) is 4. The Morgan fingerprint density at radius 1 is 1.52 bits per heavy atom. The molecule has 1 rings (SSSR count). The third-order valence-corrected chi connectivity index (χ3v) is 2.97. The van der Waals surface area contributed by atoms with Gasteiger partial charge in [0.05, 0.1) is 18.2 Å². The van der Waals surface area contributed by atoms with E-state index in [-0.39, 0.29) is 18.2 Å². The zero-order valence-corrected chi connectivity index (χ0v) is 14.1. The maximum absolute atomic E-state index is 11.9. The summed E-state index contributed by atoms with van der Waals surface area (Å²) in [6.07, 6.45) is 2.90. The van der Waals surface area contributed by atoms with Gasteiger partial charge in [0.25, 0.3) is 5.91 Å². The summed E-state index contributed by atoms with van der Waals surface area (Å²) in [6.45, 7) is 7.54. The van der Waals surface area contributed by atoms with Crippen molar-refractivity contribution in [3.8, 4) is 17.6 Å². The number of hydrogen-bond donors (Lipinski definition) is 1. The summed E-state index contributed by atoms with van der Waals surface area (Å²) in [4.78, 5) is 11.9. The van der Waals surface area contributed by atoms with Gasteiger partial charge in [0.1, 0.15) is 11.6 Å². The topological polar surface area (TPSA) is 71.4 Å². The van der Waals surface area contributed by atoms with Gasteiger partial charge >= 0.3 is 0 Å². The number of carbonyl (C=O) groups is 1. The average molecular weight is 335 g/mol. The predicted molar refractivity (Wildman–Crippen MR) is 90.6 cm³/mol. The molecule has 0 aromatic heterocycles. The van der Waals surface area contributed by atoms with Crippen molar-refractivity contribution in [1.82, 2.24) is 5.32 Å². The van der Waals surface area contributed by atoms with Gasteiger partial charge in [-0.15, -0.1) is 6.58 Å². The van der Waals surface area contributed by atoms with Crippen LogP contribution in [0, 0.1) is 11.3 Å². The summed E-state index contributed by atoms with van der Waals surface area (Å²) in [7, 11) is 1.49. The van der Waals surface area contributed by atoms with Crippen molar-refractivity contribution in [3.63, 3.8) is 0 Å². The Balaban J connectivity index is 3.20. The predicted octanol–water partition coefficient (Wildman–Crippen LogP) is 3.34. The minimum Gasteiger partial charge on any atom is -0.493 e. The molecule has 1 N–H and O–H groups in total. The van der Waals surface area contributed by atoms with Gasteiger partial charge in [0, 0.05) is 6.54 Å². The molecular formula is C17H19ClN2O3. The quantitative estimate of drug-likeness (QED) is 0.471. The molecule has 1 aromatic rings. The molecule has 6 heteroatoms. The molecule has 23 heavy (non-hydrogen) atoms. The number of rotatable bonds is 7. The highest BCUT2D eigenvalue weighted by molar-refractivity contribution is 6.32. The molecule has 0 radical (unpaired) electrons. The first-order valence-electron chi connectivity index (χ1n) is 6.98. The van der Waals surface area contributed by atoms with Crippen molar-refractivity contribution in [2.75, 3.05) is 13.7 Å². The molecule has 1 aromatic carbocycles. The summed E-state index contributed by atoms with van der Waals surface area (Å²) < 4.78 is 10.9. The minimum atomic E-state index is -0.481. The molecule has 0 bridgehead atoms. The van der Waals surface area contributed by atoms with E-state index in [0.29, 0.717) is 22.1 Å². The number of carbonyl (C=O) groups excluding carboxylic acids is 1. The molecule has 0 saturated carbocycles. The molecule has 0 spiro atoms. The Morgan fingerprint density at radius 2 is 2.22 bits per heavy atom. The molecule has 0 aliphatic rings. The molecule has 1 amide bonds. The second-order valence-corrected chi connectivity index (χ2v) is 5.28. The number of benzene rings is 1. The van der Waals surface area contributed by atoms with Crippen molar-refractivity contribution in [3.05, 3.63) is 40.9 Å². The summed E-state index contributed by atoms with van der Waals surface area (Å²) in [5.74, 6) is 0.377. The van der Waals surface area contributed by atoms with Crippen LogP contribution in [0.3, 0.4) is 0 Å². The summed E-state index contributed by atoms with van der Waals surface area (Å²) in [5.41, 5.74) is 0.524. The standard InChI is InChI=1S/C17H19ClN2O3/c1-5-6-20-17(21)13(10-19)7-12-8-14(18)16(23-11(2)3)15(9-12)22-4/h5,7-9,11H,1,6H2,2-4H3,(H,20,21)/b13-7+. The number of nitriles is 1. The summed E-state index contributed by atoms with van der Waals surface area (Å²) >= 11 is 6.22. The van der Waals surface area contributed by atoms with Crippen LogP contribution in [0.15, 0.2) is 30.4 Å². The van der Waals surface area contributed by atoms with Gasteiger partial charge in [-0.1, -0.05) is 17.7 Å². The highest BCUT2D eigenvalue weighted by Crippen LogP contribution is 2.37. The number of nitrogens with zero attached hydrogens (tertiary/aromatic N) is 1.